The quantitative estimate of drug-likeness (QED) is 0.128. The number of hydrogen-bond acceptors (Lipinski definition) is 9. The molecule has 2 atom stereocenters. The van der Waals surface area contributed by atoms with Crippen molar-refractivity contribution >= 4 is 35.0 Å². The number of rotatable bonds is 12. The summed E-state index contributed by atoms with van der Waals surface area (Å²) >= 11 is 0. The van der Waals surface area contributed by atoms with Gasteiger partial charge in [0.15, 0.2) is 6.30 Å². The lowest BCUT2D eigenvalue weighted by Gasteiger charge is -2.22. The molecule has 2 amide bonds. The van der Waals surface area contributed by atoms with Gasteiger partial charge in [0.2, 0.25) is 17.8 Å². The molecule has 1 aromatic heterocycles. The molecule has 43 heavy (non-hydrogen) atoms. The Labute approximate surface area is 253 Å². The van der Waals surface area contributed by atoms with Crippen molar-refractivity contribution in [2.24, 2.45) is 0 Å². The van der Waals surface area contributed by atoms with E-state index in [0.717, 1.165) is 25.1 Å². The second-order valence-corrected chi connectivity index (χ2v) is 10.9. The lowest BCUT2D eigenvalue weighted by molar-refractivity contribution is -0.135. The van der Waals surface area contributed by atoms with Crippen LogP contribution in [0.5, 0.6) is 0 Å². The van der Waals surface area contributed by atoms with Crippen molar-refractivity contribution in [3.8, 4) is 11.8 Å². The Kier molecular flexibility index (Phi) is 11.3. The Bertz CT molecular complexity index is 1370. The van der Waals surface area contributed by atoms with Crippen LogP contribution in [-0.4, -0.2) is 84.9 Å². The Morgan fingerprint density at radius 2 is 2.12 bits per heavy atom. The number of nitrogens with one attached hydrogen (secondary N) is 4. The Morgan fingerprint density at radius 3 is 2.91 bits per heavy atom. The first-order chi connectivity index (χ1) is 20.8. The van der Waals surface area contributed by atoms with Gasteiger partial charge >= 0.3 is 0 Å². The number of fused-ring (bicyclic) bond motifs is 1. The molecule has 4 N–H and O–H groups in total. The summed E-state index contributed by atoms with van der Waals surface area (Å²) in [4.78, 5) is 38.0. The maximum atomic E-state index is 14.3. The molecular formula is C31H42FN9O2. The van der Waals surface area contributed by atoms with Crippen molar-refractivity contribution < 1.29 is 14.0 Å². The number of nitrogens with zero attached hydrogens (tertiary/aromatic N) is 5. The predicted octanol–water partition coefficient (Wildman–Crippen LogP) is 3.32. The van der Waals surface area contributed by atoms with E-state index >= 15 is 0 Å². The van der Waals surface area contributed by atoms with E-state index in [2.05, 4.69) is 50.1 Å². The van der Waals surface area contributed by atoms with Crippen molar-refractivity contribution in [2.75, 3.05) is 63.0 Å². The van der Waals surface area contributed by atoms with Gasteiger partial charge < -0.3 is 30.8 Å². The first kappa shape index (κ1) is 31.7. The van der Waals surface area contributed by atoms with E-state index in [1.807, 2.05) is 37.2 Å². The molecule has 11 nitrogen and oxygen atoms in total. The van der Waals surface area contributed by atoms with E-state index < -0.39 is 12.3 Å². The fourth-order valence-corrected chi connectivity index (χ4v) is 4.92. The van der Waals surface area contributed by atoms with E-state index in [-0.39, 0.29) is 11.8 Å². The van der Waals surface area contributed by atoms with Crippen molar-refractivity contribution in [1.29, 1.82) is 0 Å². The average molecular weight is 592 g/mol. The molecule has 2 aromatic rings. The average Bonchev–Trinajstić information content (AvgIpc) is 3.58. The Balaban J connectivity index is 1.29. The van der Waals surface area contributed by atoms with Crippen molar-refractivity contribution in [3.63, 3.8) is 0 Å². The van der Waals surface area contributed by atoms with Crippen molar-refractivity contribution in [2.45, 2.75) is 51.4 Å². The summed E-state index contributed by atoms with van der Waals surface area (Å²) < 4.78 is 14.3. The largest absolute Gasteiger partial charge is 0.369 e. The Morgan fingerprint density at radius 1 is 1.28 bits per heavy atom. The fraction of sp³-hybridized carbons (Fsp3) is 0.484. The topological polar surface area (TPSA) is 118 Å². The number of alkyl halides is 1. The van der Waals surface area contributed by atoms with Gasteiger partial charge in [0.1, 0.15) is 11.9 Å². The summed E-state index contributed by atoms with van der Waals surface area (Å²) in [6.07, 6.45) is 7.45. The minimum atomic E-state index is -1.27. The smallest absolute Gasteiger partial charge is 0.246 e. The standard InChI is InChI=1S/C31H42FN9O2/c1-5-16-33-29-22(21-35-31(37-29)36-23-14-15-25-24(20-23)28(32)38-40(25)4)11-7-6-8-17-34-30(43)26-12-9-19-41(26)27(42)13-10-18-39(2)3/h10,13-15,20-21,26,28,38H,5-6,8-9,12,16-19H2,1-4H3,(H,34,43)(H2,33,35,36,37)/b13-10+/t26-,28?/m0/s1. The number of halogens is 1. The minimum absolute atomic E-state index is 0.115. The molecule has 0 aliphatic carbocycles. The number of likely N-dealkylation sites (tertiary alicyclic amines) is 1. The number of anilines is 4. The van der Waals surface area contributed by atoms with Gasteiger partial charge in [0.05, 0.1) is 17.4 Å². The first-order valence-corrected chi connectivity index (χ1v) is 14.8. The number of hydrazine groups is 1. The number of aromatic nitrogens is 2. The first-order valence-electron chi connectivity index (χ1n) is 14.8. The number of hydrogen-bond donors (Lipinski definition) is 4. The van der Waals surface area contributed by atoms with Crippen LogP contribution in [0, 0.1) is 11.8 Å². The highest BCUT2D eigenvalue weighted by atomic mass is 19.1. The maximum absolute atomic E-state index is 14.3. The normalized spacial score (nSPS) is 17.6. The SMILES string of the molecule is CCCNc1nc(Nc2ccc3c(c2)C(F)NN3C)ncc1C#CCCCNC(=O)[C@@H]1CCCN1C(=O)/C=C/CN(C)C. The molecule has 0 radical (unpaired) electrons. The van der Waals surface area contributed by atoms with Crippen LogP contribution in [0.3, 0.4) is 0 Å². The molecule has 3 heterocycles. The third kappa shape index (κ3) is 8.65. The van der Waals surface area contributed by atoms with Crippen molar-refractivity contribution in [3.05, 3.63) is 47.7 Å². The zero-order valence-corrected chi connectivity index (χ0v) is 25.4. The second-order valence-electron chi connectivity index (χ2n) is 10.9. The summed E-state index contributed by atoms with van der Waals surface area (Å²) in [5.74, 6) is 7.07. The van der Waals surface area contributed by atoms with Crippen LogP contribution in [0.25, 0.3) is 0 Å². The molecule has 1 fully saturated rings. The van der Waals surface area contributed by atoms with Crippen LogP contribution in [0.4, 0.5) is 27.5 Å². The van der Waals surface area contributed by atoms with Crippen LogP contribution in [0.15, 0.2) is 36.5 Å². The highest BCUT2D eigenvalue weighted by Gasteiger charge is 2.32. The van der Waals surface area contributed by atoms with Crippen LogP contribution < -0.4 is 26.4 Å². The van der Waals surface area contributed by atoms with Gasteiger partial charge in [-0.15, -0.1) is 0 Å². The van der Waals surface area contributed by atoms with E-state index in [9.17, 15) is 14.0 Å². The number of benzene rings is 1. The van der Waals surface area contributed by atoms with Gasteiger partial charge in [-0.05, 0) is 58.0 Å². The van der Waals surface area contributed by atoms with Gasteiger partial charge in [0.25, 0.3) is 0 Å². The molecule has 0 bridgehead atoms. The van der Waals surface area contributed by atoms with Crippen LogP contribution in [0.1, 0.15) is 56.5 Å². The van der Waals surface area contributed by atoms with Gasteiger partial charge in [-0.3, -0.25) is 9.59 Å². The number of likely N-dealkylation sites (N-methyl/N-ethyl adjacent to an activating group) is 1. The third-order valence-electron chi connectivity index (χ3n) is 7.13. The molecule has 1 aromatic carbocycles. The van der Waals surface area contributed by atoms with Crippen LogP contribution in [-0.2, 0) is 9.59 Å². The number of carbonyl (C=O) groups is 2. The summed E-state index contributed by atoms with van der Waals surface area (Å²) in [6, 6.07) is 5.02. The van der Waals surface area contributed by atoms with Gasteiger partial charge in [-0.1, -0.05) is 24.8 Å². The Hall–Kier alpha value is -4.21. The van der Waals surface area contributed by atoms with E-state index in [0.29, 0.717) is 67.5 Å². The van der Waals surface area contributed by atoms with Crippen LogP contribution in [0.2, 0.25) is 0 Å². The van der Waals surface area contributed by atoms with E-state index in [1.54, 1.807) is 35.3 Å². The summed E-state index contributed by atoms with van der Waals surface area (Å²) in [5, 5.41) is 11.1. The number of amides is 2. The van der Waals surface area contributed by atoms with E-state index in [4.69, 9.17) is 0 Å². The zero-order chi connectivity index (χ0) is 30.8. The van der Waals surface area contributed by atoms with E-state index in [1.165, 1.54) is 0 Å². The molecule has 1 unspecified atom stereocenters. The van der Waals surface area contributed by atoms with Crippen LogP contribution >= 0.6 is 0 Å². The monoisotopic (exact) mass is 591 g/mol. The lowest BCUT2D eigenvalue weighted by atomic mass is 10.1. The highest BCUT2D eigenvalue weighted by molar-refractivity contribution is 5.93. The molecule has 0 spiro atoms. The molecule has 2 aliphatic rings. The van der Waals surface area contributed by atoms with Crippen molar-refractivity contribution in [1.82, 2.24) is 30.5 Å². The lowest BCUT2D eigenvalue weighted by Crippen LogP contribution is -2.45. The number of carbonyl (C=O) groups excluding carboxylic acids is 2. The predicted molar refractivity (Wildman–Crippen MR) is 167 cm³/mol. The molecule has 12 heteroatoms. The molecule has 4 rings (SSSR count). The number of unbranched alkanes of at least 4 members (excludes halogenated alkanes) is 1. The molecule has 230 valence electrons. The molecule has 0 saturated carbocycles. The molecule has 2 aliphatic heterocycles. The zero-order valence-electron chi connectivity index (χ0n) is 25.4. The fourth-order valence-electron chi connectivity index (χ4n) is 4.92. The molecular weight excluding hydrogens is 549 g/mol. The third-order valence-corrected chi connectivity index (χ3v) is 7.13. The summed E-state index contributed by atoms with van der Waals surface area (Å²) in [6.45, 7) is 4.55. The molecule has 1 saturated heterocycles. The van der Waals surface area contributed by atoms with Gasteiger partial charge in [-0.25, -0.2) is 9.37 Å². The summed E-state index contributed by atoms with van der Waals surface area (Å²) in [7, 11) is 5.65. The minimum Gasteiger partial charge on any atom is -0.369 e. The summed E-state index contributed by atoms with van der Waals surface area (Å²) in [5.41, 5.74) is 5.42. The maximum Gasteiger partial charge on any atom is 0.246 e. The van der Waals surface area contributed by atoms with Gasteiger partial charge in [-0.2, -0.15) is 10.4 Å². The highest BCUT2D eigenvalue weighted by Crippen LogP contribution is 2.35. The van der Waals surface area contributed by atoms with Gasteiger partial charge in [0, 0.05) is 57.0 Å². The second kappa shape index (κ2) is 15.3.